The number of amides is 1. The predicted molar refractivity (Wildman–Crippen MR) is 113 cm³/mol. The first-order valence-corrected chi connectivity index (χ1v) is 9.71. The first-order chi connectivity index (χ1) is 13.8. The number of carbonyl (C=O) groups is 1. The van der Waals surface area contributed by atoms with Gasteiger partial charge in [-0.1, -0.05) is 60.7 Å². The molecule has 0 spiro atoms. The van der Waals surface area contributed by atoms with E-state index in [4.69, 9.17) is 5.10 Å². The van der Waals surface area contributed by atoms with Gasteiger partial charge in [-0.05, 0) is 11.6 Å². The van der Waals surface area contributed by atoms with Crippen LogP contribution in [0.4, 0.5) is 5.13 Å². The van der Waals surface area contributed by atoms with Crippen LogP contribution in [0.2, 0.25) is 0 Å². The van der Waals surface area contributed by atoms with Gasteiger partial charge in [0.1, 0.15) is 0 Å². The standard InChI is InChI=1S/C22H18N4OS/c27-20(24-22-23-13-14-28-22)12-11-19-16-26(15-17-7-3-1-4-8-17)25-21(19)18-9-5-2-6-10-18/h1-14,16H,15H2,(H,23,24,27)/b12-11+. The van der Waals surface area contributed by atoms with Crippen molar-refractivity contribution in [2.75, 3.05) is 5.32 Å². The van der Waals surface area contributed by atoms with Gasteiger partial charge in [0.05, 0.1) is 12.2 Å². The molecule has 0 saturated heterocycles. The Kier molecular flexibility index (Phi) is 5.40. The van der Waals surface area contributed by atoms with E-state index in [2.05, 4.69) is 22.4 Å². The van der Waals surface area contributed by atoms with E-state index in [0.29, 0.717) is 11.7 Å². The van der Waals surface area contributed by atoms with Gasteiger partial charge in [-0.15, -0.1) is 11.3 Å². The largest absolute Gasteiger partial charge is 0.298 e. The highest BCUT2D eigenvalue weighted by molar-refractivity contribution is 7.13. The second-order valence-electron chi connectivity index (χ2n) is 6.14. The summed E-state index contributed by atoms with van der Waals surface area (Å²) in [6, 6.07) is 20.1. The normalized spacial score (nSPS) is 11.0. The molecule has 0 unspecified atom stereocenters. The summed E-state index contributed by atoms with van der Waals surface area (Å²) in [4.78, 5) is 16.2. The van der Waals surface area contributed by atoms with Crippen LogP contribution in [-0.4, -0.2) is 20.7 Å². The first kappa shape index (κ1) is 17.9. The molecule has 0 radical (unpaired) electrons. The molecule has 6 heteroatoms. The predicted octanol–water partition coefficient (Wildman–Crippen LogP) is 4.71. The number of nitrogens with one attached hydrogen (secondary N) is 1. The first-order valence-electron chi connectivity index (χ1n) is 8.83. The lowest BCUT2D eigenvalue weighted by molar-refractivity contribution is -0.111. The Morgan fingerprint density at radius 2 is 1.82 bits per heavy atom. The summed E-state index contributed by atoms with van der Waals surface area (Å²) in [7, 11) is 0. The number of thiazole rings is 1. The Hall–Kier alpha value is -3.51. The molecule has 5 nitrogen and oxygen atoms in total. The topological polar surface area (TPSA) is 59.8 Å². The van der Waals surface area contributed by atoms with Crippen molar-refractivity contribution in [1.29, 1.82) is 0 Å². The Labute approximate surface area is 167 Å². The number of carbonyl (C=O) groups excluding carboxylic acids is 1. The average Bonchev–Trinajstić information content (AvgIpc) is 3.38. The second kappa shape index (κ2) is 8.45. The van der Waals surface area contributed by atoms with E-state index in [1.54, 1.807) is 12.3 Å². The maximum atomic E-state index is 12.2. The molecule has 4 rings (SSSR count). The summed E-state index contributed by atoms with van der Waals surface area (Å²) in [5.41, 5.74) is 3.90. The summed E-state index contributed by atoms with van der Waals surface area (Å²) < 4.78 is 1.90. The third-order valence-electron chi connectivity index (χ3n) is 4.10. The molecule has 138 valence electrons. The number of benzene rings is 2. The van der Waals surface area contributed by atoms with E-state index in [0.717, 1.165) is 16.8 Å². The molecule has 4 aromatic rings. The lowest BCUT2D eigenvalue weighted by Gasteiger charge is -2.01. The molecular weight excluding hydrogens is 368 g/mol. The molecule has 0 atom stereocenters. The van der Waals surface area contributed by atoms with Crippen LogP contribution in [0, 0.1) is 0 Å². The van der Waals surface area contributed by atoms with Gasteiger partial charge in [0, 0.05) is 35.0 Å². The highest BCUT2D eigenvalue weighted by Crippen LogP contribution is 2.23. The molecule has 0 aliphatic carbocycles. The van der Waals surface area contributed by atoms with Crippen molar-refractivity contribution in [2.45, 2.75) is 6.54 Å². The van der Waals surface area contributed by atoms with Gasteiger partial charge in [0.15, 0.2) is 5.13 Å². The molecule has 0 fully saturated rings. The van der Waals surface area contributed by atoms with Gasteiger partial charge >= 0.3 is 0 Å². The fourth-order valence-electron chi connectivity index (χ4n) is 2.83. The fraction of sp³-hybridized carbons (Fsp3) is 0.0455. The lowest BCUT2D eigenvalue weighted by Crippen LogP contribution is -2.07. The van der Waals surface area contributed by atoms with Crippen LogP contribution in [0.15, 0.2) is 84.5 Å². The number of anilines is 1. The van der Waals surface area contributed by atoms with E-state index in [1.165, 1.54) is 23.0 Å². The van der Waals surface area contributed by atoms with Crippen LogP contribution in [0.3, 0.4) is 0 Å². The quantitative estimate of drug-likeness (QED) is 0.488. The fourth-order valence-corrected chi connectivity index (χ4v) is 3.36. The van der Waals surface area contributed by atoms with Gasteiger partial charge in [0.25, 0.3) is 0 Å². The summed E-state index contributed by atoms with van der Waals surface area (Å²) in [6.45, 7) is 0.666. The minimum absolute atomic E-state index is 0.218. The van der Waals surface area contributed by atoms with Crippen LogP contribution in [0.5, 0.6) is 0 Å². The van der Waals surface area contributed by atoms with Crippen LogP contribution in [0.25, 0.3) is 17.3 Å². The zero-order chi connectivity index (χ0) is 19.2. The average molecular weight is 386 g/mol. The summed E-state index contributed by atoms with van der Waals surface area (Å²) in [5.74, 6) is -0.218. The maximum Gasteiger partial charge on any atom is 0.250 e. The lowest BCUT2D eigenvalue weighted by atomic mass is 10.1. The van der Waals surface area contributed by atoms with Crippen molar-refractivity contribution in [2.24, 2.45) is 0 Å². The van der Waals surface area contributed by atoms with Gasteiger partial charge in [0.2, 0.25) is 5.91 Å². The van der Waals surface area contributed by atoms with Gasteiger partial charge < -0.3 is 0 Å². The Morgan fingerprint density at radius 3 is 2.54 bits per heavy atom. The van der Waals surface area contributed by atoms with Crippen molar-refractivity contribution < 1.29 is 4.79 Å². The molecule has 2 aromatic heterocycles. The maximum absolute atomic E-state index is 12.2. The third-order valence-corrected chi connectivity index (χ3v) is 4.79. The van der Waals surface area contributed by atoms with E-state index in [-0.39, 0.29) is 5.91 Å². The molecule has 0 aliphatic rings. The minimum Gasteiger partial charge on any atom is -0.298 e. The molecule has 28 heavy (non-hydrogen) atoms. The number of hydrogen-bond donors (Lipinski definition) is 1. The molecule has 1 N–H and O–H groups in total. The molecule has 2 heterocycles. The van der Waals surface area contributed by atoms with Crippen molar-refractivity contribution in [1.82, 2.24) is 14.8 Å². The minimum atomic E-state index is -0.218. The van der Waals surface area contributed by atoms with Crippen LogP contribution in [-0.2, 0) is 11.3 Å². The second-order valence-corrected chi connectivity index (χ2v) is 7.04. The highest BCUT2D eigenvalue weighted by Gasteiger charge is 2.10. The monoisotopic (exact) mass is 386 g/mol. The van der Waals surface area contributed by atoms with Crippen LogP contribution in [0.1, 0.15) is 11.1 Å². The van der Waals surface area contributed by atoms with E-state index < -0.39 is 0 Å². The number of rotatable bonds is 6. The van der Waals surface area contributed by atoms with Gasteiger partial charge in [-0.2, -0.15) is 5.10 Å². The number of nitrogens with zero attached hydrogens (tertiary/aromatic N) is 3. The van der Waals surface area contributed by atoms with Crippen molar-refractivity contribution in [3.63, 3.8) is 0 Å². The van der Waals surface area contributed by atoms with Crippen molar-refractivity contribution >= 4 is 28.5 Å². The van der Waals surface area contributed by atoms with Gasteiger partial charge in [-0.25, -0.2) is 4.98 Å². The summed E-state index contributed by atoms with van der Waals surface area (Å²) in [5, 5.41) is 9.91. The van der Waals surface area contributed by atoms with Crippen molar-refractivity contribution in [3.05, 3.63) is 95.6 Å². The zero-order valence-electron chi connectivity index (χ0n) is 15.0. The Morgan fingerprint density at radius 1 is 1.07 bits per heavy atom. The molecule has 0 bridgehead atoms. The number of hydrogen-bond acceptors (Lipinski definition) is 4. The molecule has 0 aliphatic heterocycles. The summed E-state index contributed by atoms with van der Waals surface area (Å²) in [6.07, 6.45) is 6.92. The molecule has 2 aromatic carbocycles. The Balaban J connectivity index is 1.60. The molecular formula is C22H18N4OS. The molecule has 1 amide bonds. The van der Waals surface area contributed by atoms with E-state index in [9.17, 15) is 4.79 Å². The van der Waals surface area contributed by atoms with Crippen molar-refractivity contribution in [3.8, 4) is 11.3 Å². The van der Waals surface area contributed by atoms with Gasteiger partial charge in [-0.3, -0.25) is 14.8 Å². The van der Waals surface area contributed by atoms with E-state index in [1.807, 2.05) is 64.8 Å². The van der Waals surface area contributed by atoms with E-state index >= 15 is 0 Å². The van der Waals surface area contributed by atoms with Crippen LogP contribution < -0.4 is 5.32 Å². The summed E-state index contributed by atoms with van der Waals surface area (Å²) >= 11 is 1.38. The Bertz CT molecular complexity index is 1070. The third kappa shape index (κ3) is 4.42. The zero-order valence-corrected chi connectivity index (χ0v) is 15.8. The van der Waals surface area contributed by atoms with Crippen LogP contribution >= 0.6 is 11.3 Å². The highest BCUT2D eigenvalue weighted by atomic mass is 32.1. The SMILES string of the molecule is O=C(/C=C/c1cn(Cc2ccccc2)nc1-c1ccccc1)Nc1nccs1. The smallest absolute Gasteiger partial charge is 0.250 e. The number of aromatic nitrogens is 3. The molecule has 0 saturated carbocycles.